The third-order valence-corrected chi connectivity index (χ3v) is 5.49. The molecule has 0 bridgehead atoms. The number of rotatable bonds is 5. The first-order chi connectivity index (χ1) is 14.1. The van der Waals surface area contributed by atoms with Crippen molar-refractivity contribution in [1.82, 2.24) is 4.57 Å². The normalized spacial score (nSPS) is 12.5. The number of nitrogens with zero attached hydrogens (tertiary/aromatic N) is 3. The van der Waals surface area contributed by atoms with Gasteiger partial charge in [0.25, 0.3) is 0 Å². The first kappa shape index (κ1) is 19.4. The van der Waals surface area contributed by atoms with Gasteiger partial charge < -0.3 is 8.98 Å². The summed E-state index contributed by atoms with van der Waals surface area (Å²) in [6.07, 6.45) is 1.65. The van der Waals surface area contributed by atoms with Crippen LogP contribution in [0.25, 0.3) is 11.3 Å². The van der Waals surface area contributed by atoms with E-state index in [1.165, 1.54) is 23.5 Å². The molecule has 0 radical (unpaired) electrons. The fourth-order valence-corrected chi connectivity index (χ4v) is 3.82. The van der Waals surface area contributed by atoms with Crippen molar-refractivity contribution in [2.75, 3.05) is 0 Å². The Morgan fingerprint density at radius 2 is 1.86 bits per heavy atom. The zero-order valence-electron chi connectivity index (χ0n) is 15.5. The van der Waals surface area contributed by atoms with Gasteiger partial charge in [-0.05, 0) is 54.4 Å². The van der Waals surface area contributed by atoms with E-state index >= 15 is 0 Å². The summed E-state index contributed by atoms with van der Waals surface area (Å²) in [5.74, 6) is 0.542. The Kier molecular flexibility index (Phi) is 5.74. The molecule has 4 aromatic rings. The number of furan rings is 1. The summed E-state index contributed by atoms with van der Waals surface area (Å²) in [7, 11) is 0. The molecule has 2 aromatic heterocycles. The monoisotopic (exact) mass is 425 g/mol. The molecule has 0 aliphatic heterocycles. The zero-order chi connectivity index (χ0) is 20.2. The van der Waals surface area contributed by atoms with Gasteiger partial charge in [0.15, 0.2) is 0 Å². The summed E-state index contributed by atoms with van der Waals surface area (Å²) in [6.45, 7) is 2.37. The van der Waals surface area contributed by atoms with E-state index in [4.69, 9.17) is 16.0 Å². The van der Waals surface area contributed by atoms with Crippen LogP contribution in [0.2, 0.25) is 5.02 Å². The number of thiazole rings is 1. The molecule has 0 spiro atoms. The van der Waals surface area contributed by atoms with Gasteiger partial charge in [-0.15, -0.1) is 16.4 Å². The summed E-state index contributed by atoms with van der Waals surface area (Å²) < 4.78 is 20.7. The molecule has 0 N–H and O–H groups in total. The minimum Gasteiger partial charge on any atom is -0.467 e. The Balaban J connectivity index is 1.76. The lowest BCUT2D eigenvalue weighted by Crippen LogP contribution is -2.16. The molecule has 29 heavy (non-hydrogen) atoms. The van der Waals surface area contributed by atoms with Crippen molar-refractivity contribution < 1.29 is 8.81 Å². The highest BCUT2D eigenvalue weighted by Crippen LogP contribution is 2.23. The van der Waals surface area contributed by atoms with Crippen LogP contribution in [0.4, 0.5) is 4.39 Å². The average Bonchev–Trinajstić information content (AvgIpc) is 3.38. The fourth-order valence-electron chi connectivity index (χ4n) is 2.84. The summed E-state index contributed by atoms with van der Waals surface area (Å²) >= 11 is 7.52. The van der Waals surface area contributed by atoms with Gasteiger partial charge in [-0.2, -0.15) is 5.10 Å². The highest BCUT2D eigenvalue weighted by molar-refractivity contribution is 7.07. The van der Waals surface area contributed by atoms with Gasteiger partial charge in [0.2, 0.25) is 4.80 Å². The third-order valence-electron chi connectivity index (χ3n) is 4.38. The fraction of sp³-hybridized carbons (Fsp3) is 0.0909. The van der Waals surface area contributed by atoms with Crippen molar-refractivity contribution in [3.05, 3.63) is 99.3 Å². The van der Waals surface area contributed by atoms with E-state index in [-0.39, 0.29) is 5.82 Å². The van der Waals surface area contributed by atoms with Crippen LogP contribution in [-0.2, 0) is 6.54 Å². The van der Waals surface area contributed by atoms with Crippen LogP contribution in [0, 0.1) is 5.82 Å². The maximum absolute atomic E-state index is 13.1. The first-order valence-electron chi connectivity index (χ1n) is 8.91. The lowest BCUT2D eigenvalue weighted by Gasteiger charge is -2.07. The maximum atomic E-state index is 13.1. The molecule has 0 fully saturated rings. The van der Waals surface area contributed by atoms with Crippen molar-refractivity contribution >= 4 is 28.6 Å². The standard InChI is InChI=1S/C22H17ClFN3OS/c1-15(16-6-10-19(24)11-7-16)25-26-22-27(13-20-3-2-12-28-20)21(14-29-22)17-4-8-18(23)9-5-17/h2-12,14H,13H2,1H3/b25-15+,26-22-. The highest BCUT2D eigenvalue weighted by atomic mass is 35.5. The smallest absolute Gasteiger partial charge is 0.211 e. The first-order valence-corrected chi connectivity index (χ1v) is 10.2. The van der Waals surface area contributed by atoms with Crippen LogP contribution in [0.15, 0.2) is 86.9 Å². The molecule has 4 nitrogen and oxygen atoms in total. The van der Waals surface area contributed by atoms with E-state index in [0.29, 0.717) is 17.3 Å². The predicted octanol–water partition coefficient (Wildman–Crippen LogP) is 5.98. The number of benzene rings is 2. The van der Waals surface area contributed by atoms with Crippen LogP contribution >= 0.6 is 22.9 Å². The van der Waals surface area contributed by atoms with Gasteiger partial charge in [0, 0.05) is 10.4 Å². The number of aromatic nitrogens is 1. The van der Waals surface area contributed by atoms with E-state index in [1.54, 1.807) is 18.4 Å². The van der Waals surface area contributed by atoms with Crippen molar-refractivity contribution in [2.45, 2.75) is 13.5 Å². The summed E-state index contributed by atoms with van der Waals surface area (Å²) in [6, 6.07) is 17.6. The number of hydrogen-bond donors (Lipinski definition) is 0. The van der Waals surface area contributed by atoms with E-state index < -0.39 is 0 Å². The van der Waals surface area contributed by atoms with Gasteiger partial charge in [-0.3, -0.25) is 0 Å². The molecule has 4 rings (SSSR count). The molecule has 0 amide bonds. The Hall–Kier alpha value is -2.96. The Morgan fingerprint density at radius 3 is 2.55 bits per heavy atom. The molecular formula is C22H17ClFN3OS. The quantitative estimate of drug-likeness (QED) is 0.286. The van der Waals surface area contributed by atoms with E-state index in [2.05, 4.69) is 10.2 Å². The Bertz CT molecular complexity index is 1190. The summed E-state index contributed by atoms with van der Waals surface area (Å²) in [5, 5.41) is 11.5. The second kappa shape index (κ2) is 8.59. The van der Waals surface area contributed by atoms with Crippen LogP contribution in [0.5, 0.6) is 0 Å². The van der Waals surface area contributed by atoms with Gasteiger partial charge in [-0.1, -0.05) is 35.9 Å². The molecule has 0 atom stereocenters. The number of halogens is 2. The summed E-state index contributed by atoms with van der Waals surface area (Å²) in [4.78, 5) is 0.729. The number of hydrogen-bond acceptors (Lipinski definition) is 4. The van der Waals surface area contributed by atoms with E-state index in [0.717, 1.165) is 27.4 Å². The molecule has 2 heterocycles. The van der Waals surface area contributed by atoms with E-state index in [9.17, 15) is 4.39 Å². The minimum atomic E-state index is -0.277. The molecule has 0 aliphatic rings. The lowest BCUT2D eigenvalue weighted by molar-refractivity contribution is 0.491. The molecule has 0 saturated heterocycles. The summed E-state index contributed by atoms with van der Waals surface area (Å²) in [5.41, 5.74) is 3.55. The molecule has 7 heteroatoms. The van der Waals surface area contributed by atoms with Crippen molar-refractivity contribution in [2.24, 2.45) is 10.2 Å². The maximum Gasteiger partial charge on any atom is 0.211 e. The van der Waals surface area contributed by atoms with E-state index in [1.807, 2.05) is 53.3 Å². The zero-order valence-corrected chi connectivity index (χ0v) is 17.1. The van der Waals surface area contributed by atoms with Crippen LogP contribution < -0.4 is 4.80 Å². The highest BCUT2D eigenvalue weighted by Gasteiger charge is 2.10. The van der Waals surface area contributed by atoms with Gasteiger partial charge >= 0.3 is 0 Å². The average molecular weight is 426 g/mol. The van der Waals surface area contributed by atoms with Gasteiger partial charge in [0.05, 0.1) is 24.2 Å². The molecule has 0 unspecified atom stereocenters. The molecule has 0 saturated carbocycles. The third kappa shape index (κ3) is 4.55. The van der Waals surface area contributed by atoms with Gasteiger partial charge in [-0.25, -0.2) is 4.39 Å². The largest absolute Gasteiger partial charge is 0.467 e. The predicted molar refractivity (Wildman–Crippen MR) is 115 cm³/mol. The molecular weight excluding hydrogens is 409 g/mol. The second-order valence-electron chi connectivity index (χ2n) is 6.37. The second-order valence-corrected chi connectivity index (χ2v) is 7.64. The van der Waals surface area contributed by atoms with Crippen molar-refractivity contribution in [1.29, 1.82) is 0 Å². The Morgan fingerprint density at radius 1 is 1.10 bits per heavy atom. The SMILES string of the molecule is C/C(=N\N=c1/scc(-c2ccc(Cl)cc2)n1Cc1ccco1)c1ccc(F)cc1. The van der Waals surface area contributed by atoms with Gasteiger partial charge in [0.1, 0.15) is 11.6 Å². The lowest BCUT2D eigenvalue weighted by atomic mass is 10.1. The topological polar surface area (TPSA) is 42.8 Å². The van der Waals surface area contributed by atoms with Crippen LogP contribution in [0.1, 0.15) is 18.2 Å². The molecule has 0 aliphatic carbocycles. The van der Waals surface area contributed by atoms with Crippen LogP contribution in [0.3, 0.4) is 0 Å². The Labute approximate surface area is 176 Å². The van der Waals surface area contributed by atoms with Crippen molar-refractivity contribution in [3.63, 3.8) is 0 Å². The molecule has 2 aromatic carbocycles. The van der Waals surface area contributed by atoms with Crippen LogP contribution in [-0.4, -0.2) is 10.3 Å². The molecule has 146 valence electrons. The van der Waals surface area contributed by atoms with Crippen molar-refractivity contribution in [3.8, 4) is 11.3 Å². The minimum absolute atomic E-state index is 0.277.